The third kappa shape index (κ3) is 4.51. The van der Waals surface area contributed by atoms with Crippen molar-refractivity contribution in [2.75, 3.05) is 21.3 Å². The van der Waals surface area contributed by atoms with Crippen molar-refractivity contribution in [1.82, 2.24) is 4.37 Å². The first-order chi connectivity index (χ1) is 12.5. The van der Waals surface area contributed by atoms with Gasteiger partial charge in [0.25, 0.3) is 0 Å². The van der Waals surface area contributed by atoms with Crippen molar-refractivity contribution in [1.29, 1.82) is 0 Å². The Morgan fingerprint density at radius 2 is 1.85 bits per heavy atom. The zero-order chi connectivity index (χ0) is 19.1. The van der Waals surface area contributed by atoms with E-state index in [1.54, 1.807) is 34.3 Å². The van der Waals surface area contributed by atoms with Crippen molar-refractivity contribution in [2.24, 2.45) is 0 Å². The van der Waals surface area contributed by atoms with E-state index in [1.807, 2.05) is 24.4 Å². The lowest BCUT2D eigenvalue weighted by Gasteiger charge is -2.14. The van der Waals surface area contributed by atoms with Crippen molar-refractivity contribution in [3.63, 3.8) is 0 Å². The van der Waals surface area contributed by atoms with Crippen LogP contribution in [0.3, 0.4) is 0 Å². The van der Waals surface area contributed by atoms with Crippen molar-refractivity contribution < 1.29 is 18.6 Å². The van der Waals surface area contributed by atoms with E-state index in [1.165, 1.54) is 17.6 Å². The van der Waals surface area contributed by atoms with E-state index in [9.17, 15) is 4.39 Å². The summed E-state index contributed by atoms with van der Waals surface area (Å²) in [7, 11) is 4.85. The molecule has 2 aromatic rings. The van der Waals surface area contributed by atoms with E-state index >= 15 is 0 Å². The number of allylic oxidation sites excluding steroid dienone is 4. The molecule has 4 nitrogen and oxygen atoms in total. The Morgan fingerprint density at radius 1 is 1.15 bits per heavy atom. The fraction of sp³-hybridized carbons (Fsp3) is 0.350. The highest BCUT2D eigenvalue weighted by Gasteiger charge is 2.18. The lowest BCUT2D eigenvalue weighted by atomic mass is 9.98. The molecule has 0 aliphatic heterocycles. The Bertz CT molecular complexity index is 811. The molecule has 0 spiro atoms. The number of halogens is 1. The summed E-state index contributed by atoms with van der Waals surface area (Å²) in [5.41, 5.74) is 4.58. The Labute approximate surface area is 158 Å². The van der Waals surface area contributed by atoms with E-state index in [4.69, 9.17) is 14.2 Å². The van der Waals surface area contributed by atoms with E-state index in [2.05, 4.69) is 4.37 Å². The summed E-state index contributed by atoms with van der Waals surface area (Å²) in [5, 5.41) is 1.96. The highest BCUT2D eigenvalue weighted by Crippen LogP contribution is 2.39. The van der Waals surface area contributed by atoms with Crippen LogP contribution in [0.4, 0.5) is 4.39 Å². The second kappa shape index (κ2) is 9.50. The minimum absolute atomic E-state index is 0.153. The second-order valence-electron chi connectivity index (χ2n) is 5.69. The zero-order valence-corrected chi connectivity index (χ0v) is 16.6. The highest BCUT2D eigenvalue weighted by molar-refractivity contribution is 7.04. The fourth-order valence-corrected chi connectivity index (χ4v) is 3.31. The summed E-state index contributed by atoms with van der Waals surface area (Å²) < 4.78 is 34.2. The van der Waals surface area contributed by atoms with Gasteiger partial charge in [0, 0.05) is 23.6 Å². The Kier molecular flexibility index (Phi) is 7.36. The third-order valence-electron chi connectivity index (χ3n) is 4.01. The Morgan fingerprint density at radius 3 is 2.46 bits per heavy atom. The highest BCUT2D eigenvalue weighted by atomic mass is 32.1. The summed E-state index contributed by atoms with van der Waals surface area (Å²) in [6.45, 7) is 4.15. The average Bonchev–Trinajstić information content (AvgIpc) is 3.15. The third-order valence-corrected chi connectivity index (χ3v) is 4.64. The maximum atomic E-state index is 13.5. The van der Waals surface area contributed by atoms with Gasteiger partial charge < -0.3 is 14.2 Å². The predicted molar refractivity (Wildman–Crippen MR) is 105 cm³/mol. The quantitative estimate of drug-likeness (QED) is 0.558. The molecule has 0 bridgehead atoms. The number of aromatic nitrogens is 1. The normalized spacial score (nSPS) is 12.4. The first-order valence-electron chi connectivity index (χ1n) is 8.27. The molecule has 0 unspecified atom stereocenters. The lowest BCUT2D eigenvalue weighted by Crippen LogP contribution is -1.98. The fourth-order valence-electron chi connectivity index (χ4n) is 2.55. The molecule has 26 heavy (non-hydrogen) atoms. The summed E-state index contributed by atoms with van der Waals surface area (Å²) >= 11 is 1.36. The molecule has 1 heterocycles. The van der Waals surface area contributed by atoms with Gasteiger partial charge in [0.15, 0.2) is 11.5 Å². The Hall–Kier alpha value is -2.18. The van der Waals surface area contributed by atoms with Gasteiger partial charge in [0.2, 0.25) is 0 Å². The minimum Gasteiger partial charge on any atom is -0.493 e. The smallest absolute Gasteiger partial charge is 0.161 e. The monoisotopic (exact) mass is 377 g/mol. The van der Waals surface area contributed by atoms with Crippen molar-refractivity contribution in [3.8, 4) is 22.8 Å². The van der Waals surface area contributed by atoms with Crippen LogP contribution in [0.1, 0.15) is 31.4 Å². The average molecular weight is 377 g/mol. The number of ether oxygens (including phenoxy) is 3. The van der Waals surface area contributed by atoms with Crippen LogP contribution in [0.25, 0.3) is 16.8 Å². The van der Waals surface area contributed by atoms with E-state index in [0.717, 1.165) is 28.0 Å². The number of hydrogen-bond donors (Lipinski definition) is 0. The molecule has 0 radical (unpaired) electrons. The topological polar surface area (TPSA) is 40.6 Å². The molecule has 0 saturated heterocycles. The molecule has 0 aliphatic carbocycles. The van der Waals surface area contributed by atoms with Gasteiger partial charge in [-0.1, -0.05) is 13.0 Å². The molecule has 1 aromatic carbocycles. The van der Waals surface area contributed by atoms with E-state index in [-0.39, 0.29) is 5.83 Å². The molecule has 0 N–H and O–H groups in total. The molecule has 0 amide bonds. The molecule has 2 rings (SSSR count). The van der Waals surface area contributed by atoms with Gasteiger partial charge in [-0.25, -0.2) is 4.39 Å². The summed E-state index contributed by atoms with van der Waals surface area (Å²) in [5.74, 6) is 1.11. The van der Waals surface area contributed by atoms with Gasteiger partial charge in [-0.2, -0.15) is 4.37 Å². The molecular formula is C20H24FNO3S. The zero-order valence-electron chi connectivity index (χ0n) is 15.8. The molecule has 0 saturated carbocycles. The standard InChI is InChI=1S/C20H24FNO3S/c1-6-15(21)8-7-13(2)17-12-26-22-20(17)16-10-19(25-5)18(24-4)9-14(16)11-23-3/h7-10,12H,6,11H2,1-5H3/b13-7+,15-8+. The van der Waals surface area contributed by atoms with Crippen LogP contribution < -0.4 is 9.47 Å². The van der Waals surface area contributed by atoms with Crippen molar-refractivity contribution in [2.45, 2.75) is 26.9 Å². The molecule has 0 fully saturated rings. The van der Waals surface area contributed by atoms with Gasteiger partial charge in [-0.05, 0) is 54.2 Å². The number of rotatable bonds is 8. The van der Waals surface area contributed by atoms with Crippen molar-refractivity contribution >= 4 is 17.1 Å². The summed E-state index contributed by atoms with van der Waals surface area (Å²) in [6.07, 6.45) is 3.66. The van der Waals surface area contributed by atoms with Gasteiger partial charge >= 0.3 is 0 Å². The number of benzene rings is 1. The largest absolute Gasteiger partial charge is 0.493 e. The maximum Gasteiger partial charge on any atom is 0.161 e. The Balaban J connectivity index is 2.57. The maximum absolute atomic E-state index is 13.5. The van der Waals surface area contributed by atoms with Crippen LogP contribution in [0.2, 0.25) is 0 Å². The summed E-state index contributed by atoms with van der Waals surface area (Å²) in [6, 6.07) is 3.80. The first kappa shape index (κ1) is 20.1. The van der Waals surface area contributed by atoms with Crippen LogP contribution in [-0.4, -0.2) is 25.7 Å². The molecule has 140 valence electrons. The van der Waals surface area contributed by atoms with E-state index in [0.29, 0.717) is 24.5 Å². The predicted octanol–water partition coefficient (Wildman–Crippen LogP) is 5.64. The van der Waals surface area contributed by atoms with Gasteiger partial charge in [-0.15, -0.1) is 0 Å². The minimum atomic E-state index is -0.153. The number of hydrogen-bond acceptors (Lipinski definition) is 5. The first-order valence-corrected chi connectivity index (χ1v) is 9.11. The van der Waals surface area contributed by atoms with Gasteiger partial charge in [0.1, 0.15) is 0 Å². The van der Waals surface area contributed by atoms with Crippen LogP contribution in [0.5, 0.6) is 11.5 Å². The molecular weight excluding hydrogens is 353 g/mol. The number of nitrogens with zero attached hydrogens (tertiary/aromatic N) is 1. The van der Waals surface area contributed by atoms with Crippen LogP contribution in [0.15, 0.2) is 35.5 Å². The van der Waals surface area contributed by atoms with Crippen LogP contribution in [-0.2, 0) is 11.3 Å². The molecule has 6 heteroatoms. The van der Waals surface area contributed by atoms with E-state index < -0.39 is 0 Å². The molecule has 1 aromatic heterocycles. The second-order valence-corrected chi connectivity index (χ2v) is 6.32. The van der Waals surface area contributed by atoms with Crippen LogP contribution in [0, 0.1) is 0 Å². The SMILES string of the molecule is CC/C(F)=C\C=C(/C)c1csnc1-c1cc(OC)c(OC)cc1COC. The molecule has 0 atom stereocenters. The van der Waals surface area contributed by atoms with Crippen molar-refractivity contribution in [3.05, 3.63) is 46.6 Å². The lowest BCUT2D eigenvalue weighted by molar-refractivity contribution is 0.185. The molecule has 0 aliphatic rings. The van der Waals surface area contributed by atoms with Crippen LogP contribution >= 0.6 is 11.5 Å². The van der Waals surface area contributed by atoms with Gasteiger partial charge in [-0.3, -0.25) is 0 Å². The van der Waals surface area contributed by atoms with Gasteiger partial charge in [0.05, 0.1) is 32.3 Å². The summed E-state index contributed by atoms with van der Waals surface area (Å²) in [4.78, 5) is 0. The number of methoxy groups -OCH3 is 3.